The Bertz CT molecular complexity index is 971. The Morgan fingerprint density at radius 1 is 1.06 bits per heavy atom. The summed E-state index contributed by atoms with van der Waals surface area (Å²) in [6.45, 7) is 1.98. The van der Waals surface area contributed by atoms with Crippen molar-refractivity contribution in [2.45, 2.75) is 57.5 Å². The summed E-state index contributed by atoms with van der Waals surface area (Å²) in [7, 11) is 0. The maximum Gasteiger partial charge on any atom is 0.268 e. The van der Waals surface area contributed by atoms with E-state index in [2.05, 4.69) is 5.32 Å². The van der Waals surface area contributed by atoms with Crippen molar-refractivity contribution in [3.05, 3.63) is 63.9 Å². The number of hydrogen-bond donors (Lipinski definition) is 1. The summed E-state index contributed by atoms with van der Waals surface area (Å²) in [5.41, 5.74) is 1.98. The summed E-state index contributed by atoms with van der Waals surface area (Å²) in [5, 5.41) is 10.6. The zero-order valence-electron chi connectivity index (χ0n) is 17.5. The first-order chi connectivity index (χ1) is 14.9. The van der Waals surface area contributed by atoms with Crippen LogP contribution >= 0.6 is 23.2 Å². The predicted octanol–water partition coefficient (Wildman–Crippen LogP) is 6.52. The van der Waals surface area contributed by atoms with E-state index in [0.29, 0.717) is 21.4 Å². The number of nitrogens with zero attached hydrogens (tertiary/aromatic N) is 2. The van der Waals surface area contributed by atoms with Gasteiger partial charge in [-0.1, -0.05) is 67.9 Å². The molecule has 2 aromatic carbocycles. The summed E-state index contributed by atoms with van der Waals surface area (Å²) < 4.78 is 13.6. The Morgan fingerprint density at radius 2 is 1.74 bits per heavy atom. The van der Waals surface area contributed by atoms with Crippen molar-refractivity contribution in [3.8, 4) is 0 Å². The van der Waals surface area contributed by atoms with E-state index in [9.17, 15) is 9.18 Å². The van der Waals surface area contributed by atoms with Crippen molar-refractivity contribution in [2.24, 2.45) is 11.0 Å². The molecule has 31 heavy (non-hydrogen) atoms. The van der Waals surface area contributed by atoms with Crippen LogP contribution in [0.2, 0.25) is 10.0 Å². The van der Waals surface area contributed by atoms with Crippen molar-refractivity contribution < 1.29 is 9.18 Å². The number of halogens is 3. The molecule has 1 N–H and O–H groups in total. The number of hydrazone groups is 1. The van der Waals surface area contributed by atoms with Crippen LogP contribution in [0.25, 0.3) is 0 Å². The van der Waals surface area contributed by atoms with Gasteiger partial charge >= 0.3 is 0 Å². The number of nitrogens with one attached hydrogen (secondary N) is 1. The van der Waals surface area contributed by atoms with Crippen LogP contribution in [0.3, 0.4) is 0 Å². The second kappa shape index (κ2) is 9.58. The van der Waals surface area contributed by atoms with Crippen LogP contribution in [0.4, 0.5) is 10.1 Å². The van der Waals surface area contributed by atoms with E-state index in [0.717, 1.165) is 31.2 Å². The maximum atomic E-state index is 13.6. The lowest BCUT2D eigenvalue weighted by molar-refractivity contribution is -0.115. The Labute approximate surface area is 192 Å². The molecule has 1 amide bonds. The fourth-order valence-corrected chi connectivity index (χ4v) is 5.02. The van der Waals surface area contributed by atoms with E-state index in [4.69, 9.17) is 28.3 Å². The highest BCUT2D eigenvalue weighted by Gasteiger charge is 2.40. The lowest BCUT2D eigenvalue weighted by Crippen LogP contribution is -2.40. The third-order valence-electron chi connectivity index (χ3n) is 6.17. The lowest BCUT2D eigenvalue weighted by Gasteiger charge is -2.27. The largest absolute Gasteiger partial charge is 0.348 e. The summed E-state index contributed by atoms with van der Waals surface area (Å²) in [5.74, 6) is -0.653. The summed E-state index contributed by atoms with van der Waals surface area (Å²) in [4.78, 5) is 13.2. The van der Waals surface area contributed by atoms with Gasteiger partial charge in [0, 0.05) is 17.0 Å². The lowest BCUT2D eigenvalue weighted by atomic mass is 9.90. The second-order valence-electron chi connectivity index (χ2n) is 8.37. The normalized spacial score (nSPS) is 22.2. The zero-order chi connectivity index (χ0) is 22.0. The molecule has 0 aromatic heterocycles. The minimum Gasteiger partial charge on any atom is -0.348 e. The topological polar surface area (TPSA) is 44.7 Å². The van der Waals surface area contributed by atoms with Crippen molar-refractivity contribution in [1.29, 1.82) is 0 Å². The van der Waals surface area contributed by atoms with Gasteiger partial charge in [0.2, 0.25) is 0 Å². The fourth-order valence-electron chi connectivity index (χ4n) is 4.53. The Balaban J connectivity index is 1.66. The molecule has 7 heteroatoms. The molecule has 0 bridgehead atoms. The van der Waals surface area contributed by atoms with Crippen LogP contribution in [-0.2, 0) is 4.79 Å². The molecular formula is C24H26Cl2FN3O. The average molecular weight is 462 g/mol. The summed E-state index contributed by atoms with van der Waals surface area (Å²) >= 11 is 12.6. The van der Waals surface area contributed by atoms with E-state index in [1.165, 1.54) is 25.0 Å². The third-order valence-corrected chi connectivity index (χ3v) is 6.71. The third kappa shape index (κ3) is 4.88. The number of hydrogen-bond acceptors (Lipinski definition) is 3. The van der Waals surface area contributed by atoms with Crippen LogP contribution in [0.1, 0.15) is 57.1 Å². The molecule has 1 aliphatic carbocycles. The number of carbonyl (C=O) groups is 1. The first-order valence-corrected chi connectivity index (χ1v) is 11.6. The molecular weight excluding hydrogens is 436 g/mol. The zero-order valence-corrected chi connectivity index (χ0v) is 19.0. The second-order valence-corrected chi connectivity index (χ2v) is 9.22. The molecule has 1 fully saturated rings. The first-order valence-electron chi connectivity index (χ1n) is 10.8. The van der Waals surface area contributed by atoms with Gasteiger partial charge in [-0.25, -0.2) is 4.39 Å². The van der Waals surface area contributed by atoms with Gasteiger partial charge in [0.1, 0.15) is 11.5 Å². The quantitative estimate of drug-likeness (QED) is 0.526. The van der Waals surface area contributed by atoms with Crippen LogP contribution < -0.4 is 10.3 Å². The molecule has 0 radical (unpaired) electrons. The first kappa shape index (κ1) is 22.1. The molecule has 2 aromatic rings. The molecule has 2 aliphatic rings. The number of carbonyl (C=O) groups excluding carboxylic acids is 1. The monoisotopic (exact) mass is 461 g/mol. The van der Waals surface area contributed by atoms with Gasteiger partial charge in [0.05, 0.1) is 16.8 Å². The highest BCUT2D eigenvalue weighted by molar-refractivity contribution is 6.41. The molecule has 2 atom stereocenters. The standard InChI is InChI=1S/C24H26Cl2FN3O/c1-15-22(24(31)28-19-6-4-2-3-5-7-19)29-30(21-13-10-17(25)14-20(21)26)23(15)16-8-11-18(27)12-9-16/h8-15,19,23H,2-7H2,1H3,(H,28,31). The molecule has 4 rings (SSSR count). The van der Waals surface area contributed by atoms with Gasteiger partial charge < -0.3 is 5.32 Å². The van der Waals surface area contributed by atoms with Crippen molar-refractivity contribution >= 4 is 40.5 Å². The van der Waals surface area contributed by atoms with Gasteiger partial charge in [-0.2, -0.15) is 5.10 Å². The van der Waals surface area contributed by atoms with Gasteiger partial charge in [-0.3, -0.25) is 9.80 Å². The van der Waals surface area contributed by atoms with Crippen molar-refractivity contribution in [2.75, 3.05) is 5.01 Å². The number of benzene rings is 2. The minimum atomic E-state index is -0.308. The van der Waals surface area contributed by atoms with E-state index in [1.54, 1.807) is 35.3 Å². The Hall–Kier alpha value is -2.11. The average Bonchev–Trinajstić information content (AvgIpc) is 2.89. The molecule has 1 aliphatic heterocycles. The Morgan fingerprint density at radius 3 is 2.39 bits per heavy atom. The molecule has 1 heterocycles. The van der Waals surface area contributed by atoms with E-state index >= 15 is 0 Å². The maximum absolute atomic E-state index is 13.6. The molecule has 164 valence electrons. The van der Waals surface area contributed by atoms with E-state index in [-0.39, 0.29) is 29.7 Å². The molecule has 0 spiro atoms. The predicted molar refractivity (Wildman–Crippen MR) is 124 cm³/mol. The van der Waals surface area contributed by atoms with Crippen molar-refractivity contribution in [3.63, 3.8) is 0 Å². The van der Waals surface area contributed by atoms with E-state index in [1.807, 2.05) is 6.92 Å². The number of rotatable bonds is 4. The molecule has 4 nitrogen and oxygen atoms in total. The van der Waals surface area contributed by atoms with E-state index < -0.39 is 0 Å². The van der Waals surface area contributed by atoms with Crippen LogP contribution in [0.15, 0.2) is 47.6 Å². The van der Waals surface area contributed by atoms with Crippen molar-refractivity contribution in [1.82, 2.24) is 5.32 Å². The minimum absolute atomic E-state index is 0.140. The van der Waals surface area contributed by atoms with Crippen LogP contribution in [0, 0.1) is 11.7 Å². The van der Waals surface area contributed by atoms with Gasteiger partial charge in [-0.15, -0.1) is 0 Å². The van der Waals surface area contributed by atoms with Crippen LogP contribution in [-0.4, -0.2) is 17.7 Å². The molecule has 1 saturated carbocycles. The molecule has 0 saturated heterocycles. The molecule has 2 unspecified atom stereocenters. The Kier molecular flexibility index (Phi) is 6.83. The highest BCUT2D eigenvalue weighted by atomic mass is 35.5. The number of anilines is 1. The SMILES string of the molecule is CC1C(C(=O)NC2CCCCCC2)=NN(c2ccc(Cl)cc2Cl)C1c1ccc(F)cc1. The smallest absolute Gasteiger partial charge is 0.268 e. The summed E-state index contributed by atoms with van der Waals surface area (Å²) in [6.07, 6.45) is 6.72. The van der Waals surface area contributed by atoms with Gasteiger partial charge in [0.25, 0.3) is 5.91 Å². The van der Waals surface area contributed by atoms with Gasteiger partial charge in [-0.05, 0) is 48.7 Å². The highest BCUT2D eigenvalue weighted by Crippen LogP contribution is 2.42. The number of amides is 1. The fraction of sp³-hybridized carbons (Fsp3) is 0.417. The van der Waals surface area contributed by atoms with Crippen LogP contribution in [0.5, 0.6) is 0 Å². The van der Waals surface area contributed by atoms with Gasteiger partial charge in [0.15, 0.2) is 0 Å². The summed E-state index contributed by atoms with van der Waals surface area (Å²) in [6, 6.07) is 11.4.